The molecule has 2 aromatic carbocycles. The van der Waals surface area contributed by atoms with Gasteiger partial charge in [0.05, 0.1) is 11.4 Å². The molecule has 0 aliphatic heterocycles. The summed E-state index contributed by atoms with van der Waals surface area (Å²) >= 11 is 1.12. The van der Waals surface area contributed by atoms with Gasteiger partial charge in [-0.3, -0.25) is 0 Å². The molecule has 0 aliphatic carbocycles. The van der Waals surface area contributed by atoms with E-state index in [1.165, 1.54) is 22.7 Å². The Bertz CT molecular complexity index is 1100. The third-order valence-corrected chi connectivity index (χ3v) is 5.10. The van der Waals surface area contributed by atoms with Crippen LogP contribution in [0.2, 0.25) is 0 Å². The van der Waals surface area contributed by atoms with Crippen molar-refractivity contribution in [3.05, 3.63) is 89.2 Å². The van der Waals surface area contributed by atoms with E-state index in [2.05, 4.69) is 10.1 Å². The van der Waals surface area contributed by atoms with Gasteiger partial charge in [0.2, 0.25) is 5.88 Å². The van der Waals surface area contributed by atoms with E-state index in [9.17, 15) is 13.9 Å². The molecule has 0 bridgehead atoms. The molecule has 136 valence electrons. The second kappa shape index (κ2) is 7.36. The van der Waals surface area contributed by atoms with E-state index >= 15 is 0 Å². The molecule has 0 amide bonds. The van der Waals surface area contributed by atoms with Gasteiger partial charge < -0.3 is 5.11 Å². The highest BCUT2D eigenvalue weighted by Gasteiger charge is 2.12. The van der Waals surface area contributed by atoms with Crippen LogP contribution in [0.4, 0.5) is 8.78 Å². The highest BCUT2D eigenvalue weighted by atomic mass is 32.2. The molecule has 0 radical (unpaired) electrons. The van der Waals surface area contributed by atoms with Crippen molar-refractivity contribution >= 4 is 17.4 Å². The molecule has 0 aliphatic rings. The lowest BCUT2D eigenvalue weighted by atomic mass is 10.1. The smallest absolute Gasteiger partial charge is 0.215 e. The monoisotopic (exact) mass is 383 g/mol. The summed E-state index contributed by atoms with van der Waals surface area (Å²) in [6, 6.07) is 17.2. The SMILES string of the molecule is Oc1cc(CSc2cccc(F)c2F)nc2cc(Cc3ccccc3)nn12. The van der Waals surface area contributed by atoms with Crippen molar-refractivity contribution < 1.29 is 13.9 Å². The first-order valence-corrected chi connectivity index (χ1v) is 9.27. The zero-order valence-electron chi connectivity index (χ0n) is 14.1. The van der Waals surface area contributed by atoms with E-state index in [1.54, 1.807) is 0 Å². The van der Waals surface area contributed by atoms with Gasteiger partial charge in [0.15, 0.2) is 17.3 Å². The molecule has 0 saturated carbocycles. The van der Waals surface area contributed by atoms with Crippen LogP contribution in [0.5, 0.6) is 5.88 Å². The average Bonchev–Trinajstić information content (AvgIpc) is 3.07. The lowest BCUT2D eigenvalue weighted by Gasteiger charge is -2.05. The lowest BCUT2D eigenvalue weighted by molar-refractivity contribution is 0.434. The summed E-state index contributed by atoms with van der Waals surface area (Å²) in [6.07, 6.45) is 0.627. The number of rotatable bonds is 5. The van der Waals surface area contributed by atoms with Gasteiger partial charge in [-0.05, 0) is 17.7 Å². The lowest BCUT2D eigenvalue weighted by Crippen LogP contribution is -1.96. The average molecular weight is 383 g/mol. The van der Waals surface area contributed by atoms with E-state index in [0.29, 0.717) is 23.5 Å². The van der Waals surface area contributed by atoms with Crippen LogP contribution in [0.1, 0.15) is 17.0 Å². The van der Waals surface area contributed by atoms with Crippen LogP contribution in [0.15, 0.2) is 65.6 Å². The second-order valence-corrected chi connectivity index (χ2v) is 7.03. The number of hydrogen-bond donors (Lipinski definition) is 1. The van der Waals surface area contributed by atoms with E-state index in [0.717, 1.165) is 29.1 Å². The standard InChI is InChI=1S/C20H15F2N3OS/c21-16-7-4-8-17(20(16)22)27-12-15-11-19(26)25-18(23-15)10-14(24-25)9-13-5-2-1-3-6-13/h1-8,10-11,26H,9,12H2. The predicted molar refractivity (Wildman–Crippen MR) is 99.8 cm³/mol. The van der Waals surface area contributed by atoms with Crippen molar-refractivity contribution in [2.24, 2.45) is 0 Å². The number of fused-ring (bicyclic) bond motifs is 1. The quantitative estimate of drug-likeness (QED) is 0.512. The van der Waals surface area contributed by atoms with E-state index < -0.39 is 11.6 Å². The Morgan fingerprint density at radius 1 is 0.963 bits per heavy atom. The Hall–Kier alpha value is -2.93. The number of thioether (sulfide) groups is 1. The number of benzene rings is 2. The minimum absolute atomic E-state index is 0.0466. The Kier molecular flexibility index (Phi) is 4.77. The van der Waals surface area contributed by atoms with Gasteiger partial charge in [-0.2, -0.15) is 9.61 Å². The summed E-state index contributed by atoms with van der Waals surface area (Å²) in [5.41, 5.74) is 2.96. The zero-order chi connectivity index (χ0) is 18.8. The predicted octanol–water partition coefficient (Wildman–Crippen LogP) is 4.60. The molecule has 4 rings (SSSR count). The van der Waals surface area contributed by atoms with Crippen LogP contribution >= 0.6 is 11.8 Å². The Balaban J connectivity index is 1.57. The first-order valence-electron chi connectivity index (χ1n) is 8.28. The maximum Gasteiger partial charge on any atom is 0.215 e. The minimum Gasteiger partial charge on any atom is -0.493 e. The third kappa shape index (κ3) is 3.78. The normalized spacial score (nSPS) is 11.2. The van der Waals surface area contributed by atoms with Crippen molar-refractivity contribution in [2.45, 2.75) is 17.1 Å². The first-order chi connectivity index (χ1) is 13.1. The summed E-state index contributed by atoms with van der Waals surface area (Å²) in [7, 11) is 0. The fraction of sp³-hybridized carbons (Fsp3) is 0.100. The Labute approximate surface area is 158 Å². The summed E-state index contributed by atoms with van der Waals surface area (Å²) in [5.74, 6) is -1.51. The molecule has 27 heavy (non-hydrogen) atoms. The summed E-state index contributed by atoms with van der Waals surface area (Å²) in [5, 5.41) is 14.6. The summed E-state index contributed by atoms with van der Waals surface area (Å²) in [6.45, 7) is 0. The fourth-order valence-corrected chi connectivity index (χ4v) is 3.62. The van der Waals surface area contributed by atoms with Crippen molar-refractivity contribution in [3.8, 4) is 5.88 Å². The van der Waals surface area contributed by atoms with E-state index in [1.807, 2.05) is 36.4 Å². The van der Waals surface area contributed by atoms with Crippen LogP contribution < -0.4 is 0 Å². The first kappa shape index (κ1) is 17.5. The topological polar surface area (TPSA) is 50.4 Å². The Morgan fingerprint density at radius 2 is 1.78 bits per heavy atom. The number of hydrogen-bond acceptors (Lipinski definition) is 4. The molecule has 4 aromatic rings. The molecular weight excluding hydrogens is 368 g/mol. The summed E-state index contributed by atoms with van der Waals surface area (Å²) < 4.78 is 28.4. The number of nitrogens with zero attached hydrogens (tertiary/aromatic N) is 3. The second-order valence-electron chi connectivity index (χ2n) is 6.01. The van der Waals surface area contributed by atoms with Crippen molar-refractivity contribution in [1.82, 2.24) is 14.6 Å². The van der Waals surface area contributed by atoms with Crippen molar-refractivity contribution in [3.63, 3.8) is 0 Å². The van der Waals surface area contributed by atoms with Gasteiger partial charge in [-0.25, -0.2) is 13.8 Å². The molecular formula is C20H15F2N3OS. The highest BCUT2D eigenvalue weighted by molar-refractivity contribution is 7.98. The zero-order valence-corrected chi connectivity index (χ0v) is 15.0. The van der Waals surface area contributed by atoms with Gasteiger partial charge in [0, 0.05) is 29.2 Å². The number of aromatic hydroxyl groups is 1. The van der Waals surface area contributed by atoms with Crippen LogP contribution in [-0.2, 0) is 12.2 Å². The van der Waals surface area contributed by atoms with Gasteiger partial charge in [0.25, 0.3) is 0 Å². The molecule has 0 spiro atoms. The maximum absolute atomic E-state index is 13.8. The van der Waals surface area contributed by atoms with Crippen molar-refractivity contribution in [2.75, 3.05) is 0 Å². The molecule has 2 heterocycles. The molecule has 7 heteroatoms. The van der Waals surface area contributed by atoms with Crippen molar-refractivity contribution in [1.29, 1.82) is 0 Å². The van der Waals surface area contributed by atoms with Crippen LogP contribution in [-0.4, -0.2) is 19.7 Å². The number of halogens is 2. The Morgan fingerprint density at radius 3 is 2.59 bits per heavy atom. The molecule has 0 atom stereocenters. The van der Waals surface area contributed by atoms with Crippen LogP contribution in [0.25, 0.3) is 5.65 Å². The largest absolute Gasteiger partial charge is 0.493 e. The number of aromatic nitrogens is 3. The molecule has 0 saturated heterocycles. The molecule has 2 aromatic heterocycles. The van der Waals surface area contributed by atoms with Gasteiger partial charge >= 0.3 is 0 Å². The summed E-state index contributed by atoms with van der Waals surface area (Å²) in [4.78, 5) is 4.67. The molecule has 1 N–H and O–H groups in total. The van der Waals surface area contributed by atoms with Gasteiger partial charge in [-0.15, -0.1) is 11.8 Å². The third-order valence-electron chi connectivity index (χ3n) is 4.03. The molecule has 0 fully saturated rings. The van der Waals surface area contributed by atoms with Gasteiger partial charge in [0.1, 0.15) is 0 Å². The van der Waals surface area contributed by atoms with Crippen LogP contribution in [0.3, 0.4) is 0 Å². The highest BCUT2D eigenvalue weighted by Crippen LogP contribution is 2.27. The van der Waals surface area contributed by atoms with Crippen LogP contribution in [0, 0.1) is 11.6 Å². The molecule has 4 nitrogen and oxygen atoms in total. The van der Waals surface area contributed by atoms with Gasteiger partial charge in [-0.1, -0.05) is 36.4 Å². The van der Waals surface area contributed by atoms with E-state index in [4.69, 9.17) is 0 Å². The maximum atomic E-state index is 13.8. The minimum atomic E-state index is -0.882. The molecule has 0 unspecified atom stereocenters. The van der Waals surface area contributed by atoms with E-state index in [-0.39, 0.29) is 10.8 Å². The fourth-order valence-electron chi connectivity index (χ4n) is 2.77.